The molecular formula is C18H20ClN3O3S. The van der Waals surface area contributed by atoms with Gasteiger partial charge in [-0.15, -0.1) is 0 Å². The van der Waals surface area contributed by atoms with Gasteiger partial charge in [-0.3, -0.25) is 4.68 Å². The number of aryl methyl sites for hydroxylation is 1. The molecule has 8 heteroatoms. The van der Waals surface area contributed by atoms with Crippen LogP contribution in [0.15, 0.2) is 52.0 Å². The fourth-order valence-electron chi connectivity index (χ4n) is 2.88. The largest absolute Gasteiger partial charge is 0.468 e. The molecule has 26 heavy (non-hydrogen) atoms. The van der Waals surface area contributed by atoms with E-state index in [9.17, 15) is 8.42 Å². The summed E-state index contributed by atoms with van der Waals surface area (Å²) in [5.74, 6) is 0.581. The lowest BCUT2D eigenvalue weighted by atomic mass is 10.2. The number of rotatable bonds is 6. The molecule has 2 aromatic heterocycles. The lowest BCUT2D eigenvalue weighted by molar-refractivity contribution is 0.406. The van der Waals surface area contributed by atoms with Crippen LogP contribution >= 0.6 is 11.6 Å². The SMILES string of the molecule is Cc1nn(Cc2cccc(Cl)c2)c(C)c1S(=O)(=O)N(C)Cc1ccco1. The number of aromatic nitrogens is 2. The highest BCUT2D eigenvalue weighted by molar-refractivity contribution is 7.89. The monoisotopic (exact) mass is 393 g/mol. The van der Waals surface area contributed by atoms with Gasteiger partial charge in [0.2, 0.25) is 10.0 Å². The zero-order valence-electron chi connectivity index (χ0n) is 14.8. The number of nitrogens with zero attached hydrogens (tertiary/aromatic N) is 3. The molecule has 138 valence electrons. The molecule has 1 aromatic carbocycles. The second kappa shape index (κ2) is 7.26. The van der Waals surface area contributed by atoms with Crippen LogP contribution in [-0.2, 0) is 23.1 Å². The van der Waals surface area contributed by atoms with E-state index in [1.807, 2.05) is 18.2 Å². The summed E-state index contributed by atoms with van der Waals surface area (Å²) >= 11 is 6.03. The molecule has 0 unspecified atom stereocenters. The molecule has 0 fully saturated rings. The lowest BCUT2D eigenvalue weighted by Crippen LogP contribution is -2.27. The van der Waals surface area contributed by atoms with Crippen LogP contribution in [-0.4, -0.2) is 29.6 Å². The van der Waals surface area contributed by atoms with E-state index in [0.29, 0.717) is 28.7 Å². The first-order chi connectivity index (χ1) is 12.3. The Balaban J connectivity index is 1.91. The maximum atomic E-state index is 13.0. The van der Waals surface area contributed by atoms with Gasteiger partial charge in [0.05, 0.1) is 30.7 Å². The van der Waals surface area contributed by atoms with E-state index in [1.54, 1.807) is 36.7 Å². The van der Waals surface area contributed by atoms with Gasteiger partial charge in [0.15, 0.2) is 0 Å². The van der Waals surface area contributed by atoms with E-state index in [0.717, 1.165) is 5.56 Å². The van der Waals surface area contributed by atoms with Crippen molar-refractivity contribution < 1.29 is 12.8 Å². The third-order valence-electron chi connectivity index (χ3n) is 4.16. The molecule has 3 aromatic rings. The van der Waals surface area contributed by atoms with Crippen LogP contribution in [0.3, 0.4) is 0 Å². The zero-order chi connectivity index (χ0) is 18.9. The average molecular weight is 394 g/mol. The lowest BCUT2D eigenvalue weighted by Gasteiger charge is -2.16. The third kappa shape index (κ3) is 3.70. The molecule has 2 heterocycles. The first-order valence-electron chi connectivity index (χ1n) is 8.06. The normalized spacial score (nSPS) is 12.0. The molecule has 0 aliphatic rings. The number of benzene rings is 1. The summed E-state index contributed by atoms with van der Waals surface area (Å²) in [6.45, 7) is 4.07. The maximum Gasteiger partial charge on any atom is 0.246 e. The minimum atomic E-state index is -3.69. The highest BCUT2D eigenvalue weighted by Gasteiger charge is 2.29. The standard InChI is InChI=1S/C18H20ClN3O3S/c1-13-18(26(23,24)21(3)12-17-8-5-9-25-17)14(2)22(20-13)11-15-6-4-7-16(19)10-15/h4-10H,11-12H2,1-3H3. The Labute approximate surface area is 158 Å². The number of sulfonamides is 1. The topological polar surface area (TPSA) is 68.3 Å². The second-order valence-corrected chi connectivity index (χ2v) is 8.55. The third-order valence-corrected chi connectivity index (χ3v) is 6.45. The number of hydrogen-bond acceptors (Lipinski definition) is 4. The van der Waals surface area contributed by atoms with Gasteiger partial charge in [-0.05, 0) is 43.7 Å². The number of halogens is 1. The van der Waals surface area contributed by atoms with Crippen molar-refractivity contribution in [3.05, 3.63) is 70.4 Å². The highest BCUT2D eigenvalue weighted by atomic mass is 35.5. The van der Waals surface area contributed by atoms with Gasteiger partial charge in [0, 0.05) is 12.1 Å². The van der Waals surface area contributed by atoms with Crippen LogP contribution in [0.4, 0.5) is 0 Å². The van der Waals surface area contributed by atoms with E-state index < -0.39 is 10.0 Å². The molecule has 0 N–H and O–H groups in total. The van der Waals surface area contributed by atoms with Gasteiger partial charge in [0.1, 0.15) is 10.7 Å². The Hall–Kier alpha value is -2.09. The molecule has 0 bridgehead atoms. The Morgan fingerprint density at radius 1 is 1.23 bits per heavy atom. The molecular weight excluding hydrogens is 374 g/mol. The fraction of sp³-hybridized carbons (Fsp3) is 0.278. The molecule has 0 spiro atoms. The van der Waals surface area contributed by atoms with Crippen LogP contribution in [0.1, 0.15) is 22.7 Å². The Bertz CT molecular complexity index is 1010. The first kappa shape index (κ1) is 18.7. The summed E-state index contributed by atoms with van der Waals surface area (Å²) in [6.07, 6.45) is 1.52. The molecule has 0 aliphatic carbocycles. The quantitative estimate of drug-likeness (QED) is 0.641. The summed E-state index contributed by atoms with van der Waals surface area (Å²) in [5, 5.41) is 5.06. The van der Waals surface area contributed by atoms with Crippen LogP contribution in [0.2, 0.25) is 5.02 Å². The molecule has 0 amide bonds. The molecule has 0 saturated carbocycles. The molecule has 6 nitrogen and oxygen atoms in total. The van der Waals surface area contributed by atoms with E-state index in [-0.39, 0.29) is 11.4 Å². The van der Waals surface area contributed by atoms with Gasteiger partial charge in [-0.2, -0.15) is 9.40 Å². The fourth-order valence-corrected chi connectivity index (χ4v) is 4.59. The Morgan fingerprint density at radius 2 is 2.00 bits per heavy atom. The minimum Gasteiger partial charge on any atom is -0.468 e. The van der Waals surface area contributed by atoms with Crippen LogP contribution in [0.25, 0.3) is 0 Å². The van der Waals surface area contributed by atoms with E-state index >= 15 is 0 Å². The van der Waals surface area contributed by atoms with Crippen molar-refractivity contribution in [1.82, 2.24) is 14.1 Å². The molecule has 0 atom stereocenters. The van der Waals surface area contributed by atoms with Crippen molar-refractivity contribution in [3.8, 4) is 0 Å². The van der Waals surface area contributed by atoms with Crippen molar-refractivity contribution in [2.75, 3.05) is 7.05 Å². The van der Waals surface area contributed by atoms with Crippen molar-refractivity contribution >= 4 is 21.6 Å². The van der Waals surface area contributed by atoms with Gasteiger partial charge in [-0.1, -0.05) is 23.7 Å². The number of hydrogen-bond donors (Lipinski definition) is 0. The van der Waals surface area contributed by atoms with Crippen molar-refractivity contribution in [2.24, 2.45) is 0 Å². The summed E-state index contributed by atoms with van der Waals surface area (Å²) in [6, 6.07) is 10.9. The maximum absolute atomic E-state index is 13.0. The van der Waals surface area contributed by atoms with Gasteiger partial charge in [-0.25, -0.2) is 8.42 Å². The summed E-state index contributed by atoms with van der Waals surface area (Å²) in [7, 11) is -2.16. The predicted octanol–water partition coefficient (Wildman–Crippen LogP) is 3.62. The van der Waals surface area contributed by atoms with Gasteiger partial charge < -0.3 is 4.42 Å². The molecule has 0 radical (unpaired) electrons. The summed E-state index contributed by atoms with van der Waals surface area (Å²) < 4.78 is 34.3. The summed E-state index contributed by atoms with van der Waals surface area (Å²) in [5.41, 5.74) is 2.01. The highest BCUT2D eigenvalue weighted by Crippen LogP contribution is 2.25. The van der Waals surface area contributed by atoms with Gasteiger partial charge in [0.25, 0.3) is 0 Å². The smallest absolute Gasteiger partial charge is 0.246 e. The van der Waals surface area contributed by atoms with Crippen LogP contribution in [0.5, 0.6) is 0 Å². The molecule has 0 aliphatic heterocycles. The Kier molecular flexibility index (Phi) is 5.22. The molecule has 3 rings (SSSR count). The molecule has 0 saturated heterocycles. The summed E-state index contributed by atoms with van der Waals surface area (Å²) in [4.78, 5) is 0.230. The second-order valence-electron chi connectivity index (χ2n) is 6.13. The minimum absolute atomic E-state index is 0.160. The zero-order valence-corrected chi connectivity index (χ0v) is 16.4. The van der Waals surface area contributed by atoms with Crippen molar-refractivity contribution in [3.63, 3.8) is 0 Å². The van der Waals surface area contributed by atoms with Crippen LogP contribution < -0.4 is 0 Å². The van der Waals surface area contributed by atoms with E-state index in [4.69, 9.17) is 16.0 Å². The van der Waals surface area contributed by atoms with Crippen molar-refractivity contribution in [1.29, 1.82) is 0 Å². The predicted molar refractivity (Wildman–Crippen MR) is 99.6 cm³/mol. The van der Waals surface area contributed by atoms with E-state index in [2.05, 4.69) is 5.10 Å². The van der Waals surface area contributed by atoms with E-state index in [1.165, 1.54) is 17.6 Å². The van der Waals surface area contributed by atoms with Crippen LogP contribution in [0, 0.1) is 13.8 Å². The first-order valence-corrected chi connectivity index (χ1v) is 9.88. The number of furan rings is 1. The van der Waals surface area contributed by atoms with Crippen molar-refractivity contribution in [2.45, 2.75) is 31.8 Å². The van der Waals surface area contributed by atoms with Gasteiger partial charge >= 0.3 is 0 Å². The average Bonchev–Trinajstić information content (AvgIpc) is 3.16. The Morgan fingerprint density at radius 3 is 2.65 bits per heavy atom.